The number of hydrogen-bond donors (Lipinski definition) is 1. The van der Waals surface area contributed by atoms with Crippen LogP contribution in [0.3, 0.4) is 0 Å². The Morgan fingerprint density at radius 1 is 1.37 bits per heavy atom. The Morgan fingerprint density at radius 3 is 2.74 bits per heavy atom. The highest BCUT2D eigenvalue weighted by Crippen LogP contribution is 2.23. The molecular formula is C15H24N4. The van der Waals surface area contributed by atoms with Crippen molar-refractivity contribution in [2.45, 2.75) is 33.2 Å². The van der Waals surface area contributed by atoms with Crippen molar-refractivity contribution in [3.63, 3.8) is 0 Å². The van der Waals surface area contributed by atoms with Crippen LogP contribution >= 0.6 is 0 Å². The van der Waals surface area contributed by atoms with Crippen molar-refractivity contribution >= 4 is 16.7 Å². The van der Waals surface area contributed by atoms with Gasteiger partial charge in [-0.05, 0) is 31.8 Å². The molecule has 0 radical (unpaired) electrons. The second kappa shape index (κ2) is 5.61. The van der Waals surface area contributed by atoms with Gasteiger partial charge in [-0.15, -0.1) is 0 Å². The van der Waals surface area contributed by atoms with E-state index in [0.717, 1.165) is 36.7 Å². The molecule has 104 valence electrons. The van der Waals surface area contributed by atoms with E-state index in [-0.39, 0.29) is 0 Å². The zero-order valence-corrected chi connectivity index (χ0v) is 12.3. The number of rotatable bonds is 5. The molecular weight excluding hydrogens is 236 g/mol. The maximum Gasteiger partial charge on any atom is 0.112 e. The van der Waals surface area contributed by atoms with Crippen molar-refractivity contribution in [1.82, 2.24) is 14.5 Å². The van der Waals surface area contributed by atoms with Crippen LogP contribution in [-0.4, -0.2) is 34.6 Å². The zero-order chi connectivity index (χ0) is 14.0. The lowest BCUT2D eigenvalue weighted by atomic mass is 10.2. The van der Waals surface area contributed by atoms with Gasteiger partial charge < -0.3 is 15.2 Å². The lowest BCUT2D eigenvalue weighted by Crippen LogP contribution is -2.23. The molecule has 0 saturated carbocycles. The summed E-state index contributed by atoms with van der Waals surface area (Å²) >= 11 is 0. The average Bonchev–Trinajstić information content (AvgIpc) is 2.73. The van der Waals surface area contributed by atoms with Crippen LogP contribution in [0.2, 0.25) is 0 Å². The number of nitrogens with zero attached hydrogens (tertiary/aromatic N) is 3. The van der Waals surface area contributed by atoms with E-state index >= 15 is 0 Å². The van der Waals surface area contributed by atoms with Gasteiger partial charge in [-0.2, -0.15) is 0 Å². The molecule has 2 N–H and O–H groups in total. The molecule has 0 atom stereocenters. The molecule has 0 fully saturated rings. The SMILES string of the molecule is CCN(C)CCn1c(C(C)C)nc2cc(N)ccc21. The first-order valence-electron chi connectivity index (χ1n) is 6.97. The summed E-state index contributed by atoms with van der Waals surface area (Å²) in [6.45, 7) is 9.62. The third-order valence-corrected chi connectivity index (χ3v) is 3.56. The first-order chi connectivity index (χ1) is 9.02. The summed E-state index contributed by atoms with van der Waals surface area (Å²) in [4.78, 5) is 7.05. The van der Waals surface area contributed by atoms with Gasteiger partial charge in [0.25, 0.3) is 0 Å². The van der Waals surface area contributed by atoms with Crippen molar-refractivity contribution < 1.29 is 0 Å². The van der Waals surface area contributed by atoms with Gasteiger partial charge in [0.1, 0.15) is 5.82 Å². The van der Waals surface area contributed by atoms with E-state index in [0.29, 0.717) is 5.92 Å². The molecule has 0 saturated heterocycles. The Kier molecular flexibility index (Phi) is 4.10. The maximum atomic E-state index is 5.85. The maximum absolute atomic E-state index is 5.85. The molecule has 1 heterocycles. The standard InChI is InChI=1S/C15H24N4/c1-5-18(4)8-9-19-14-7-6-12(16)10-13(14)17-15(19)11(2)3/h6-7,10-11H,5,8-9,16H2,1-4H3. The lowest BCUT2D eigenvalue weighted by Gasteiger charge is -2.17. The van der Waals surface area contributed by atoms with Crippen LogP contribution < -0.4 is 5.73 Å². The summed E-state index contributed by atoms with van der Waals surface area (Å²) in [5.41, 5.74) is 8.81. The van der Waals surface area contributed by atoms with Crippen LogP contribution in [0.5, 0.6) is 0 Å². The molecule has 1 aromatic carbocycles. The van der Waals surface area contributed by atoms with Crippen molar-refractivity contribution in [3.8, 4) is 0 Å². The minimum Gasteiger partial charge on any atom is -0.399 e. The Labute approximate surface area is 115 Å². The average molecular weight is 260 g/mol. The van der Waals surface area contributed by atoms with E-state index in [4.69, 9.17) is 10.7 Å². The summed E-state index contributed by atoms with van der Waals surface area (Å²) in [5, 5.41) is 0. The minimum absolute atomic E-state index is 0.417. The van der Waals surface area contributed by atoms with Gasteiger partial charge in [0.15, 0.2) is 0 Å². The summed E-state index contributed by atoms with van der Waals surface area (Å²) in [6.07, 6.45) is 0. The van der Waals surface area contributed by atoms with Crippen LogP contribution in [0.4, 0.5) is 5.69 Å². The topological polar surface area (TPSA) is 47.1 Å². The molecule has 0 bridgehead atoms. The van der Waals surface area contributed by atoms with Crippen LogP contribution in [0.25, 0.3) is 11.0 Å². The summed E-state index contributed by atoms with van der Waals surface area (Å²) in [6, 6.07) is 5.99. The van der Waals surface area contributed by atoms with Crippen LogP contribution in [0.1, 0.15) is 32.5 Å². The van der Waals surface area contributed by atoms with E-state index in [1.165, 1.54) is 5.52 Å². The van der Waals surface area contributed by atoms with Gasteiger partial charge in [-0.1, -0.05) is 20.8 Å². The monoisotopic (exact) mass is 260 g/mol. The Morgan fingerprint density at radius 2 is 2.11 bits per heavy atom. The largest absolute Gasteiger partial charge is 0.399 e. The summed E-state index contributed by atoms with van der Waals surface area (Å²) in [7, 11) is 2.14. The Bertz CT molecular complexity index is 557. The lowest BCUT2D eigenvalue weighted by molar-refractivity contribution is 0.334. The molecule has 4 nitrogen and oxygen atoms in total. The number of aromatic nitrogens is 2. The summed E-state index contributed by atoms with van der Waals surface area (Å²) in [5.74, 6) is 1.56. The van der Waals surface area contributed by atoms with E-state index in [2.05, 4.69) is 43.4 Å². The van der Waals surface area contributed by atoms with Crippen molar-refractivity contribution in [1.29, 1.82) is 0 Å². The number of likely N-dealkylation sites (N-methyl/N-ethyl adjacent to an activating group) is 1. The number of nitrogens with two attached hydrogens (primary N) is 1. The predicted octanol–water partition coefficient (Wildman–Crippen LogP) is 2.69. The van der Waals surface area contributed by atoms with Crippen molar-refractivity contribution in [2.24, 2.45) is 0 Å². The van der Waals surface area contributed by atoms with Gasteiger partial charge >= 0.3 is 0 Å². The minimum atomic E-state index is 0.417. The number of benzene rings is 1. The fraction of sp³-hybridized carbons (Fsp3) is 0.533. The molecule has 0 amide bonds. The first-order valence-corrected chi connectivity index (χ1v) is 6.97. The number of fused-ring (bicyclic) bond motifs is 1. The van der Waals surface area contributed by atoms with Crippen LogP contribution in [0.15, 0.2) is 18.2 Å². The van der Waals surface area contributed by atoms with Gasteiger partial charge in [-0.25, -0.2) is 4.98 Å². The van der Waals surface area contributed by atoms with Crippen molar-refractivity contribution in [2.75, 3.05) is 25.9 Å². The smallest absolute Gasteiger partial charge is 0.112 e. The molecule has 0 unspecified atom stereocenters. The molecule has 1 aromatic heterocycles. The Hall–Kier alpha value is -1.55. The van der Waals surface area contributed by atoms with E-state index in [9.17, 15) is 0 Å². The normalized spacial score (nSPS) is 11.9. The zero-order valence-electron chi connectivity index (χ0n) is 12.3. The van der Waals surface area contributed by atoms with Gasteiger partial charge in [0.2, 0.25) is 0 Å². The molecule has 0 aliphatic carbocycles. The van der Waals surface area contributed by atoms with E-state index < -0.39 is 0 Å². The van der Waals surface area contributed by atoms with Crippen molar-refractivity contribution in [3.05, 3.63) is 24.0 Å². The molecule has 19 heavy (non-hydrogen) atoms. The van der Waals surface area contributed by atoms with E-state index in [1.807, 2.05) is 12.1 Å². The molecule has 0 spiro atoms. The quantitative estimate of drug-likeness (QED) is 0.841. The molecule has 2 aromatic rings. The van der Waals surface area contributed by atoms with Crippen LogP contribution in [0, 0.1) is 0 Å². The number of anilines is 1. The highest BCUT2D eigenvalue weighted by atomic mass is 15.1. The fourth-order valence-corrected chi connectivity index (χ4v) is 2.27. The number of imidazole rings is 1. The summed E-state index contributed by atoms with van der Waals surface area (Å²) < 4.78 is 2.33. The first kappa shape index (κ1) is 13.9. The van der Waals surface area contributed by atoms with Crippen LogP contribution in [-0.2, 0) is 6.54 Å². The third kappa shape index (κ3) is 2.89. The molecule has 2 rings (SSSR count). The third-order valence-electron chi connectivity index (χ3n) is 3.56. The second-order valence-corrected chi connectivity index (χ2v) is 5.42. The van der Waals surface area contributed by atoms with Gasteiger partial charge in [0, 0.05) is 24.7 Å². The highest BCUT2D eigenvalue weighted by molar-refractivity contribution is 5.79. The van der Waals surface area contributed by atoms with E-state index in [1.54, 1.807) is 0 Å². The predicted molar refractivity (Wildman–Crippen MR) is 81.4 cm³/mol. The fourth-order valence-electron chi connectivity index (χ4n) is 2.27. The number of hydrogen-bond acceptors (Lipinski definition) is 3. The second-order valence-electron chi connectivity index (χ2n) is 5.42. The molecule has 4 heteroatoms. The van der Waals surface area contributed by atoms with Gasteiger partial charge in [0.05, 0.1) is 11.0 Å². The molecule has 0 aliphatic heterocycles. The molecule has 0 aliphatic rings. The Balaban J connectivity index is 2.40. The highest BCUT2D eigenvalue weighted by Gasteiger charge is 2.13. The number of nitrogen functional groups attached to an aromatic ring is 1. The van der Waals surface area contributed by atoms with Gasteiger partial charge in [-0.3, -0.25) is 0 Å².